The van der Waals surface area contributed by atoms with Crippen LogP contribution in [0, 0.1) is 0 Å². The SMILES string of the molecule is COc1ccc(Cl)c2c1CCCC[C@@H]2N. The molecule has 0 unspecified atom stereocenters. The van der Waals surface area contributed by atoms with Crippen LogP contribution in [0.1, 0.15) is 36.4 Å². The predicted octanol–water partition coefficient (Wildman–Crippen LogP) is 3.07. The average molecular weight is 226 g/mol. The molecule has 0 spiro atoms. The second kappa shape index (κ2) is 4.42. The first-order chi connectivity index (χ1) is 7.24. The Kier molecular flexibility index (Phi) is 3.17. The minimum absolute atomic E-state index is 0.0603. The molecule has 0 amide bonds. The monoisotopic (exact) mass is 225 g/mol. The molecule has 0 aliphatic heterocycles. The number of rotatable bonds is 1. The number of hydrogen-bond donors (Lipinski definition) is 1. The van der Waals surface area contributed by atoms with Gasteiger partial charge in [0.05, 0.1) is 7.11 Å². The molecule has 0 saturated heterocycles. The van der Waals surface area contributed by atoms with Gasteiger partial charge in [0.2, 0.25) is 0 Å². The average Bonchev–Trinajstić information content (AvgIpc) is 2.42. The van der Waals surface area contributed by atoms with Gasteiger partial charge in [-0.15, -0.1) is 0 Å². The topological polar surface area (TPSA) is 35.2 Å². The summed E-state index contributed by atoms with van der Waals surface area (Å²) in [4.78, 5) is 0. The Hall–Kier alpha value is -0.730. The van der Waals surface area contributed by atoms with Gasteiger partial charge in [0.1, 0.15) is 5.75 Å². The minimum Gasteiger partial charge on any atom is -0.496 e. The van der Waals surface area contributed by atoms with Crippen molar-refractivity contribution in [2.24, 2.45) is 5.73 Å². The number of methoxy groups -OCH3 is 1. The highest BCUT2D eigenvalue weighted by molar-refractivity contribution is 6.31. The molecule has 0 heterocycles. The highest BCUT2D eigenvalue weighted by Crippen LogP contribution is 2.37. The lowest BCUT2D eigenvalue weighted by atomic mass is 9.99. The summed E-state index contributed by atoms with van der Waals surface area (Å²) in [6, 6.07) is 3.87. The van der Waals surface area contributed by atoms with Crippen molar-refractivity contribution in [1.29, 1.82) is 0 Å². The molecule has 1 aromatic rings. The summed E-state index contributed by atoms with van der Waals surface area (Å²) < 4.78 is 5.36. The molecule has 15 heavy (non-hydrogen) atoms. The van der Waals surface area contributed by atoms with Crippen LogP contribution in [-0.4, -0.2) is 7.11 Å². The number of halogens is 1. The smallest absolute Gasteiger partial charge is 0.122 e. The van der Waals surface area contributed by atoms with Crippen LogP contribution in [0.4, 0.5) is 0 Å². The minimum atomic E-state index is 0.0603. The number of hydrogen-bond acceptors (Lipinski definition) is 2. The highest BCUT2D eigenvalue weighted by atomic mass is 35.5. The van der Waals surface area contributed by atoms with Gasteiger partial charge in [-0.3, -0.25) is 0 Å². The van der Waals surface area contributed by atoms with Crippen LogP contribution in [-0.2, 0) is 6.42 Å². The first-order valence-electron chi connectivity index (χ1n) is 5.35. The fourth-order valence-electron chi connectivity index (χ4n) is 2.28. The third kappa shape index (κ3) is 1.97. The van der Waals surface area contributed by atoms with Gasteiger partial charge < -0.3 is 10.5 Å². The maximum atomic E-state index is 6.20. The molecule has 1 aromatic carbocycles. The van der Waals surface area contributed by atoms with E-state index >= 15 is 0 Å². The highest BCUT2D eigenvalue weighted by Gasteiger charge is 2.21. The zero-order valence-electron chi connectivity index (χ0n) is 8.92. The van der Waals surface area contributed by atoms with Crippen LogP contribution in [0.5, 0.6) is 5.75 Å². The Morgan fingerprint density at radius 3 is 2.93 bits per heavy atom. The Balaban J connectivity index is 2.55. The third-order valence-corrected chi connectivity index (χ3v) is 3.37. The maximum absolute atomic E-state index is 6.20. The predicted molar refractivity (Wildman–Crippen MR) is 62.5 cm³/mol. The summed E-state index contributed by atoms with van der Waals surface area (Å²) in [7, 11) is 1.69. The molecule has 1 aliphatic carbocycles. The summed E-state index contributed by atoms with van der Waals surface area (Å²) in [5.41, 5.74) is 8.43. The van der Waals surface area contributed by atoms with E-state index in [4.69, 9.17) is 22.1 Å². The van der Waals surface area contributed by atoms with E-state index in [1.807, 2.05) is 12.1 Å². The van der Waals surface area contributed by atoms with Crippen LogP contribution in [0.25, 0.3) is 0 Å². The van der Waals surface area contributed by atoms with E-state index in [9.17, 15) is 0 Å². The van der Waals surface area contributed by atoms with E-state index in [1.165, 1.54) is 5.56 Å². The largest absolute Gasteiger partial charge is 0.496 e. The summed E-state index contributed by atoms with van der Waals surface area (Å²) in [6.07, 6.45) is 4.36. The zero-order valence-corrected chi connectivity index (χ0v) is 9.68. The van der Waals surface area contributed by atoms with E-state index in [-0.39, 0.29) is 6.04 Å². The van der Waals surface area contributed by atoms with Crippen molar-refractivity contribution in [3.05, 3.63) is 28.3 Å². The number of benzene rings is 1. The molecule has 0 fully saturated rings. The molecule has 2 N–H and O–H groups in total. The Morgan fingerprint density at radius 2 is 2.20 bits per heavy atom. The third-order valence-electron chi connectivity index (χ3n) is 3.04. The summed E-state index contributed by atoms with van der Waals surface area (Å²) in [5, 5.41) is 0.778. The van der Waals surface area contributed by atoms with Gasteiger partial charge in [-0.1, -0.05) is 18.0 Å². The van der Waals surface area contributed by atoms with Crippen LogP contribution < -0.4 is 10.5 Å². The molecule has 82 valence electrons. The summed E-state index contributed by atoms with van der Waals surface area (Å²) in [5.74, 6) is 0.923. The lowest BCUT2D eigenvalue weighted by Gasteiger charge is -2.17. The fourth-order valence-corrected chi connectivity index (χ4v) is 2.59. The first kappa shape index (κ1) is 10.8. The van der Waals surface area contributed by atoms with Crippen molar-refractivity contribution in [1.82, 2.24) is 0 Å². The van der Waals surface area contributed by atoms with Gasteiger partial charge in [0.15, 0.2) is 0 Å². The molecular weight excluding hydrogens is 210 g/mol. The lowest BCUT2D eigenvalue weighted by molar-refractivity contribution is 0.408. The molecule has 0 aromatic heterocycles. The Bertz CT molecular complexity index is 365. The van der Waals surface area contributed by atoms with Crippen LogP contribution in [0.2, 0.25) is 5.02 Å². The van der Waals surface area contributed by atoms with Crippen LogP contribution in [0.15, 0.2) is 12.1 Å². The molecular formula is C12H16ClNO. The van der Waals surface area contributed by atoms with E-state index in [0.717, 1.165) is 42.0 Å². The standard InChI is InChI=1S/C12H16ClNO/c1-15-11-7-6-9(13)12-8(11)4-2-3-5-10(12)14/h6-7,10H,2-5,14H2,1H3/t10-/m0/s1. The van der Waals surface area contributed by atoms with Gasteiger partial charge in [0, 0.05) is 16.6 Å². The van der Waals surface area contributed by atoms with Crippen molar-refractivity contribution >= 4 is 11.6 Å². The summed E-state index contributed by atoms with van der Waals surface area (Å²) >= 11 is 6.20. The quantitative estimate of drug-likeness (QED) is 0.746. The number of nitrogens with two attached hydrogens (primary N) is 1. The lowest BCUT2D eigenvalue weighted by Crippen LogP contribution is -2.11. The van der Waals surface area contributed by atoms with Gasteiger partial charge >= 0.3 is 0 Å². The molecule has 0 bridgehead atoms. The van der Waals surface area contributed by atoms with E-state index in [0.29, 0.717) is 0 Å². The molecule has 1 aliphatic rings. The van der Waals surface area contributed by atoms with Crippen LogP contribution in [0.3, 0.4) is 0 Å². The van der Waals surface area contributed by atoms with Crippen molar-refractivity contribution in [3.8, 4) is 5.75 Å². The second-order valence-electron chi connectivity index (χ2n) is 3.99. The molecule has 2 nitrogen and oxygen atoms in total. The van der Waals surface area contributed by atoms with Crippen molar-refractivity contribution in [3.63, 3.8) is 0 Å². The van der Waals surface area contributed by atoms with Gasteiger partial charge in [-0.05, 0) is 37.0 Å². The molecule has 1 atom stereocenters. The number of fused-ring (bicyclic) bond motifs is 1. The first-order valence-corrected chi connectivity index (χ1v) is 5.72. The van der Waals surface area contributed by atoms with Crippen LogP contribution >= 0.6 is 11.6 Å². The van der Waals surface area contributed by atoms with E-state index in [2.05, 4.69) is 0 Å². The number of ether oxygens (including phenoxy) is 1. The van der Waals surface area contributed by atoms with Crippen molar-refractivity contribution < 1.29 is 4.74 Å². The van der Waals surface area contributed by atoms with E-state index in [1.54, 1.807) is 7.11 Å². The van der Waals surface area contributed by atoms with E-state index < -0.39 is 0 Å². The van der Waals surface area contributed by atoms with Crippen molar-refractivity contribution in [2.75, 3.05) is 7.11 Å². The zero-order chi connectivity index (χ0) is 10.8. The normalized spacial score (nSPS) is 20.6. The molecule has 3 heteroatoms. The Morgan fingerprint density at radius 1 is 1.40 bits per heavy atom. The fraction of sp³-hybridized carbons (Fsp3) is 0.500. The van der Waals surface area contributed by atoms with Gasteiger partial charge in [0.25, 0.3) is 0 Å². The van der Waals surface area contributed by atoms with Gasteiger partial charge in [-0.25, -0.2) is 0 Å². The van der Waals surface area contributed by atoms with Crippen molar-refractivity contribution in [2.45, 2.75) is 31.7 Å². The molecule has 0 radical (unpaired) electrons. The summed E-state index contributed by atoms with van der Waals surface area (Å²) in [6.45, 7) is 0. The molecule has 2 rings (SSSR count). The maximum Gasteiger partial charge on any atom is 0.122 e. The second-order valence-corrected chi connectivity index (χ2v) is 4.40. The van der Waals surface area contributed by atoms with Gasteiger partial charge in [-0.2, -0.15) is 0 Å². The molecule has 0 saturated carbocycles. The Labute approximate surface area is 95.4 Å².